The lowest BCUT2D eigenvalue weighted by molar-refractivity contribution is 0.102. The molecule has 1 amide bonds. The third-order valence-electron chi connectivity index (χ3n) is 2.53. The monoisotopic (exact) mass is 340 g/mol. The van der Waals surface area contributed by atoms with E-state index in [9.17, 15) is 4.79 Å². The smallest absolute Gasteiger partial charge is 0.258 e. The number of benzene rings is 1. The molecule has 1 aromatic carbocycles. The quantitative estimate of drug-likeness (QED) is 0.912. The van der Waals surface area contributed by atoms with Crippen LogP contribution in [-0.2, 0) is 0 Å². The van der Waals surface area contributed by atoms with Gasteiger partial charge in [0.25, 0.3) is 5.91 Å². The highest BCUT2D eigenvalue weighted by molar-refractivity contribution is 9.10. The number of thiazole rings is 1. The molecular formula is C12H9BrN2O3S. The zero-order chi connectivity index (χ0) is 13.2. The maximum atomic E-state index is 12.1. The van der Waals surface area contributed by atoms with E-state index in [1.807, 2.05) is 0 Å². The molecule has 3 rings (SSSR count). The van der Waals surface area contributed by atoms with Crippen molar-refractivity contribution in [1.82, 2.24) is 4.98 Å². The Kier molecular flexibility index (Phi) is 3.39. The van der Waals surface area contributed by atoms with Crippen LogP contribution < -0.4 is 14.8 Å². The topological polar surface area (TPSA) is 60.5 Å². The van der Waals surface area contributed by atoms with Crippen LogP contribution in [0.3, 0.4) is 0 Å². The second kappa shape index (κ2) is 5.18. The summed E-state index contributed by atoms with van der Waals surface area (Å²) in [4.78, 5) is 16.2. The zero-order valence-electron chi connectivity index (χ0n) is 9.68. The minimum atomic E-state index is -0.237. The van der Waals surface area contributed by atoms with E-state index in [0.717, 1.165) is 0 Å². The van der Waals surface area contributed by atoms with Gasteiger partial charge in [-0.05, 0) is 28.1 Å². The van der Waals surface area contributed by atoms with Crippen LogP contribution in [0.5, 0.6) is 11.5 Å². The van der Waals surface area contributed by atoms with Crippen LogP contribution >= 0.6 is 27.3 Å². The molecule has 98 valence electrons. The first-order chi connectivity index (χ1) is 9.24. The van der Waals surface area contributed by atoms with Crippen molar-refractivity contribution < 1.29 is 14.3 Å². The number of aromatic nitrogens is 1. The zero-order valence-corrected chi connectivity index (χ0v) is 12.1. The molecule has 0 atom stereocenters. The predicted molar refractivity (Wildman–Crippen MR) is 75.2 cm³/mol. The summed E-state index contributed by atoms with van der Waals surface area (Å²) < 4.78 is 11.6. The summed E-state index contributed by atoms with van der Waals surface area (Å²) in [5.41, 5.74) is 0.486. The largest absolute Gasteiger partial charge is 0.486 e. The Hall–Kier alpha value is -1.60. The molecule has 1 N–H and O–H groups in total. The Morgan fingerprint density at radius 2 is 2.05 bits per heavy atom. The van der Waals surface area contributed by atoms with E-state index in [0.29, 0.717) is 39.9 Å². The van der Waals surface area contributed by atoms with Gasteiger partial charge in [-0.2, -0.15) is 0 Å². The second-order valence-corrected chi connectivity index (χ2v) is 5.52. The fourth-order valence-corrected chi connectivity index (χ4v) is 2.71. The number of fused-ring (bicyclic) bond motifs is 1. The molecule has 7 heteroatoms. The van der Waals surface area contributed by atoms with E-state index < -0.39 is 0 Å². The van der Waals surface area contributed by atoms with Crippen LogP contribution in [0.1, 0.15) is 10.4 Å². The SMILES string of the molecule is O=C(Nc1nccs1)c1cc2c(cc1Br)OCCO2. The summed E-state index contributed by atoms with van der Waals surface area (Å²) in [7, 11) is 0. The number of carbonyl (C=O) groups is 1. The van der Waals surface area contributed by atoms with Gasteiger partial charge in [-0.3, -0.25) is 10.1 Å². The third-order valence-corrected chi connectivity index (χ3v) is 3.87. The van der Waals surface area contributed by atoms with Crippen molar-refractivity contribution in [3.8, 4) is 11.5 Å². The molecule has 1 aliphatic rings. The number of rotatable bonds is 2. The number of nitrogens with one attached hydrogen (secondary N) is 1. The minimum absolute atomic E-state index is 0.237. The number of halogens is 1. The first kappa shape index (κ1) is 12.4. The first-order valence-corrected chi connectivity index (χ1v) is 7.21. The molecule has 2 aromatic rings. The van der Waals surface area contributed by atoms with E-state index in [-0.39, 0.29) is 5.91 Å². The normalized spacial score (nSPS) is 13.1. The Morgan fingerprint density at radius 1 is 1.32 bits per heavy atom. The van der Waals surface area contributed by atoms with E-state index in [2.05, 4.69) is 26.2 Å². The number of anilines is 1. The van der Waals surface area contributed by atoms with Crippen LogP contribution in [-0.4, -0.2) is 24.1 Å². The van der Waals surface area contributed by atoms with Crippen LogP contribution in [0.25, 0.3) is 0 Å². The minimum Gasteiger partial charge on any atom is -0.486 e. The van der Waals surface area contributed by atoms with Crippen molar-refractivity contribution in [2.75, 3.05) is 18.5 Å². The van der Waals surface area contributed by atoms with E-state index in [1.54, 1.807) is 23.7 Å². The van der Waals surface area contributed by atoms with Crippen molar-refractivity contribution in [2.45, 2.75) is 0 Å². The fourth-order valence-electron chi connectivity index (χ4n) is 1.69. The van der Waals surface area contributed by atoms with Gasteiger partial charge >= 0.3 is 0 Å². The lowest BCUT2D eigenvalue weighted by Crippen LogP contribution is -2.17. The molecule has 0 unspecified atom stereocenters. The lowest BCUT2D eigenvalue weighted by Gasteiger charge is -2.19. The Bertz CT molecular complexity index is 616. The molecule has 19 heavy (non-hydrogen) atoms. The average Bonchev–Trinajstić information content (AvgIpc) is 2.90. The molecule has 1 aromatic heterocycles. The van der Waals surface area contributed by atoms with Crippen molar-refractivity contribution in [3.05, 3.63) is 33.7 Å². The van der Waals surface area contributed by atoms with Gasteiger partial charge in [0.15, 0.2) is 16.6 Å². The maximum Gasteiger partial charge on any atom is 0.258 e. The Labute approximate surface area is 121 Å². The van der Waals surface area contributed by atoms with Crippen LogP contribution in [0, 0.1) is 0 Å². The molecular weight excluding hydrogens is 332 g/mol. The Balaban J connectivity index is 1.89. The Morgan fingerprint density at radius 3 is 2.74 bits per heavy atom. The number of amides is 1. The van der Waals surface area contributed by atoms with Crippen molar-refractivity contribution >= 4 is 38.3 Å². The van der Waals surface area contributed by atoms with Crippen molar-refractivity contribution in [2.24, 2.45) is 0 Å². The number of nitrogens with zero attached hydrogens (tertiary/aromatic N) is 1. The highest BCUT2D eigenvalue weighted by Crippen LogP contribution is 2.35. The van der Waals surface area contributed by atoms with Gasteiger partial charge in [0.05, 0.1) is 5.56 Å². The van der Waals surface area contributed by atoms with Gasteiger partial charge in [-0.15, -0.1) is 11.3 Å². The lowest BCUT2D eigenvalue weighted by atomic mass is 10.2. The molecule has 0 fully saturated rings. The standard InChI is InChI=1S/C12H9BrN2O3S/c13-8-6-10-9(17-2-3-18-10)5-7(8)11(16)15-12-14-1-4-19-12/h1,4-6H,2-3H2,(H,14,15,16). The number of carbonyl (C=O) groups excluding carboxylic acids is 1. The maximum absolute atomic E-state index is 12.1. The molecule has 1 aliphatic heterocycles. The first-order valence-electron chi connectivity index (χ1n) is 5.54. The average molecular weight is 341 g/mol. The molecule has 0 spiro atoms. The summed E-state index contributed by atoms with van der Waals surface area (Å²) in [5.74, 6) is 0.987. The summed E-state index contributed by atoms with van der Waals surface area (Å²) in [6, 6.07) is 3.41. The second-order valence-electron chi connectivity index (χ2n) is 3.77. The van der Waals surface area contributed by atoms with Gasteiger partial charge in [-0.1, -0.05) is 0 Å². The number of hydrogen-bond acceptors (Lipinski definition) is 5. The number of ether oxygens (including phenoxy) is 2. The molecule has 2 heterocycles. The highest BCUT2D eigenvalue weighted by atomic mass is 79.9. The summed E-state index contributed by atoms with van der Waals surface area (Å²) in [5, 5.41) is 5.09. The van der Waals surface area contributed by atoms with E-state index in [1.165, 1.54) is 11.3 Å². The van der Waals surface area contributed by atoms with Crippen molar-refractivity contribution in [1.29, 1.82) is 0 Å². The number of hydrogen-bond donors (Lipinski definition) is 1. The van der Waals surface area contributed by atoms with Gasteiger partial charge in [0.2, 0.25) is 0 Å². The van der Waals surface area contributed by atoms with Crippen LogP contribution in [0.15, 0.2) is 28.2 Å². The molecule has 5 nitrogen and oxygen atoms in total. The molecule has 0 bridgehead atoms. The predicted octanol–water partition coefficient (Wildman–Crippen LogP) is 2.93. The van der Waals surface area contributed by atoms with Crippen LogP contribution in [0.2, 0.25) is 0 Å². The highest BCUT2D eigenvalue weighted by Gasteiger charge is 2.19. The summed E-state index contributed by atoms with van der Waals surface area (Å²) in [6.07, 6.45) is 1.64. The van der Waals surface area contributed by atoms with Crippen LogP contribution in [0.4, 0.5) is 5.13 Å². The molecule has 0 radical (unpaired) electrons. The summed E-state index contributed by atoms with van der Waals surface area (Å²) >= 11 is 4.73. The molecule has 0 saturated carbocycles. The van der Waals surface area contributed by atoms with Gasteiger partial charge in [-0.25, -0.2) is 4.98 Å². The van der Waals surface area contributed by atoms with Crippen molar-refractivity contribution in [3.63, 3.8) is 0 Å². The fraction of sp³-hybridized carbons (Fsp3) is 0.167. The molecule has 0 aliphatic carbocycles. The van der Waals surface area contributed by atoms with Gasteiger partial charge in [0.1, 0.15) is 13.2 Å². The third kappa shape index (κ3) is 2.57. The van der Waals surface area contributed by atoms with Gasteiger partial charge in [0, 0.05) is 16.0 Å². The van der Waals surface area contributed by atoms with E-state index in [4.69, 9.17) is 9.47 Å². The molecule has 0 saturated heterocycles. The summed E-state index contributed by atoms with van der Waals surface area (Å²) in [6.45, 7) is 1.01. The van der Waals surface area contributed by atoms with Gasteiger partial charge < -0.3 is 9.47 Å². The van der Waals surface area contributed by atoms with E-state index >= 15 is 0 Å².